The van der Waals surface area contributed by atoms with Crippen molar-refractivity contribution in [2.24, 2.45) is 12.8 Å². The van der Waals surface area contributed by atoms with Crippen molar-refractivity contribution in [3.8, 4) is 0 Å². The highest BCUT2D eigenvalue weighted by Crippen LogP contribution is 2.34. The zero-order valence-corrected chi connectivity index (χ0v) is 10.5. The number of nitrogens with one attached hydrogen (secondary N) is 1. The van der Waals surface area contributed by atoms with E-state index in [1.165, 1.54) is 17.6 Å². The monoisotopic (exact) mass is 256 g/mol. The average molecular weight is 256 g/mol. The second-order valence-electron chi connectivity index (χ2n) is 3.28. The SMILES string of the molecule is CSc1nc2c(s1)c(C=N)c(C(N)O)n2C. The fourth-order valence-corrected chi connectivity index (χ4v) is 3.31. The van der Waals surface area contributed by atoms with Gasteiger partial charge in [-0.3, -0.25) is 0 Å². The van der Waals surface area contributed by atoms with E-state index in [-0.39, 0.29) is 0 Å². The Morgan fingerprint density at radius 2 is 2.38 bits per heavy atom. The topological polar surface area (TPSA) is 87.9 Å². The smallest absolute Gasteiger partial charge is 0.153 e. The van der Waals surface area contributed by atoms with E-state index in [0.29, 0.717) is 11.3 Å². The number of thiazole rings is 1. The molecule has 16 heavy (non-hydrogen) atoms. The Hall–Kier alpha value is -0.890. The molecule has 0 aliphatic carbocycles. The van der Waals surface area contributed by atoms with Crippen molar-refractivity contribution >= 4 is 39.7 Å². The average Bonchev–Trinajstić information content (AvgIpc) is 2.76. The molecule has 0 radical (unpaired) electrons. The molecule has 2 aromatic rings. The van der Waals surface area contributed by atoms with Crippen LogP contribution in [0.15, 0.2) is 4.34 Å². The molecule has 2 aromatic heterocycles. The van der Waals surface area contributed by atoms with Crippen LogP contribution in [-0.4, -0.2) is 27.1 Å². The summed E-state index contributed by atoms with van der Waals surface area (Å²) in [6.45, 7) is 0. The van der Waals surface area contributed by atoms with Crippen molar-refractivity contribution in [3.63, 3.8) is 0 Å². The molecule has 0 spiro atoms. The molecular weight excluding hydrogens is 244 g/mol. The van der Waals surface area contributed by atoms with Gasteiger partial charge in [-0.1, -0.05) is 11.8 Å². The van der Waals surface area contributed by atoms with E-state index < -0.39 is 6.23 Å². The van der Waals surface area contributed by atoms with Gasteiger partial charge in [0.2, 0.25) is 0 Å². The predicted molar refractivity (Wildman–Crippen MR) is 67.4 cm³/mol. The van der Waals surface area contributed by atoms with Crippen molar-refractivity contribution in [1.82, 2.24) is 9.55 Å². The van der Waals surface area contributed by atoms with Gasteiger partial charge in [-0.2, -0.15) is 0 Å². The first kappa shape index (κ1) is 11.6. The van der Waals surface area contributed by atoms with Gasteiger partial charge in [0.05, 0.1) is 10.4 Å². The fraction of sp³-hybridized carbons (Fsp3) is 0.333. The van der Waals surface area contributed by atoms with Crippen molar-refractivity contribution in [1.29, 1.82) is 5.41 Å². The molecule has 0 fully saturated rings. The first-order chi connectivity index (χ1) is 7.60. The Kier molecular flexibility index (Phi) is 3.02. The fourth-order valence-electron chi connectivity index (χ4n) is 1.69. The number of hydrogen-bond acceptors (Lipinski definition) is 6. The van der Waals surface area contributed by atoms with Crippen molar-refractivity contribution < 1.29 is 5.11 Å². The lowest BCUT2D eigenvalue weighted by Gasteiger charge is -2.07. The van der Waals surface area contributed by atoms with Crippen LogP contribution in [0.5, 0.6) is 0 Å². The Morgan fingerprint density at radius 3 is 2.88 bits per heavy atom. The number of aliphatic hydroxyl groups is 1. The van der Waals surface area contributed by atoms with Crippen LogP contribution in [0.2, 0.25) is 0 Å². The number of rotatable bonds is 3. The van der Waals surface area contributed by atoms with Crippen molar-refractivity contribution in [2.45, 2.75) is 10.6 Å². The van der Waals surface area contributed by atoms with Gasteiger partial charge >= 0.3 is 0 Å². The first-order valence-electron chi connectivity index (χ1n) is 4.57. The lowest BCUT2D eigenvalue weighted by molar-refractivity contribution is 0.178. The molecule has 0 amide bonds. The molecule has 86 valence electrons. The van der Waals surface area contributed by atoms with Crippen LogP contribution < -0.4 is 5.73 Å². The minimum absolute atomic E-state index is 0.538. The van der Waals surface area contributed by atoms with Crippen LogP contribution in [0.25, 0.3) is 10.3 Å². The van der Waals surface area contributed by atoms with E-state index in [2.05, 4.69) is 4.98 Å². The van der Waals surface area contributed by atoms with Crippen molar-refractivity contribution in [3.05, 3.63) is 11.3 Å². The Morgan fingerprint density at radius 1 is 1.69 bits per heavy atom. The van der Waals surface area contributed by atoms with Crippen LogP contribution in [0.4, 0.5) is 0 Å². The predicted octanol–water partition coefficient (Wildman–Crippen LogP) is 1.30. The third-order valence-electron chi connectivity index (χ3n) is 2.39. The summed E-state index contributed by atoms with van der Waals surface area (Å²) in [4.78, 5) is 4.42. The minimum atomic E-state index is -1.08. The lowest BCUT2D eigenvalue weighted by Crippen LogP contribution is -2.14. The van der Waals surface area contributed by atoms with E-state index in [4.69, 9.17) is 11.1 Å². The summed E-state index contributed by atoms with van der Waals surface area (Å²) < 4.78 is 3.60. The standard InChI is InChI=1S/C9H12N4OS2/c1-13-5(7(11)14)4(3-10)6-8(13)12-9(15-2)16-6/h3,7,10,14H,11H2,1-2H3. The van der Waals surface area contributed by atoms with Crippen LogP contribution >= 0.6 is 23.1 Å². The second kappa shape index (κ2) is 4.17. The molecule has 1 atom stereocenters. The quantitative estimate of drug-likeness (QED) is 0.439. The summed E-state index contributed by atoms with van der Waals surface area (Å²) in [6, 6.07) is 0. The summed E-state index contributed by atoms with van der Waals surface area (Å²) in [5.74, 6) is 0. The summed E-state index contributed by atoms with van der Waals surface area (Å²) in [5, 5.41) is 16.9. The number of thioether (sulfide) groups is 1. The number of nitrogens with two attached hydrogens (primary N) is 1. The third-order valence-corrected chi connectivity index (χ3v) is 4.45. The van der Waals surface area contributed by atoms with Gasteiger partial charge in [0.1, 0.15) is 6.23 Å². The Labute approximate surface area is 101 Å². The molecule has 2 heterocycles. The van der Waals surface area contributed by atoms with Crippen LogP contribution in [-0.2, 0) is 7.05 Å². The van der Waals surface area contributed by atoms with Gasteiger partial charge in [-0.25, -0.2) is 4.98 Å². The zero-order chi connectivity index (χ0) is 11.9. The molecule has 1 unspecified atom stereocenters. The normalized spacial score (nSPS) is 13.2. The van der Waals surface area contributed by atoms with E-state index in [1.54, 1.807) is 23.4 Å². The number of aromatic nitrogens is 2. The highest BCUT2D eigenvalue weighted by atomic mass is 32.2. The number of aliphatic hydroxyl groups excluding tert-OH is 1. The Bertz CT molecular complexity index is 543. The van der Waals surface area contributed by atoms with Crippen molar-refractivity contribution in [2.75, 3.05) is 6.26 Å². The molecule has 2 rings (SSSR count). The van der Waals surface area contributed by atoms with E-state index >= 15 is 0 Å². The summed E-state index contributed by atoms with van der Waals surface area (Å²) in [6.07, 6.45) is 2.09. The third kappa shape index (κ3) is 1.56. The summed E-state index contributed by atoms with van der Waals surface area (Å²) >= 11 is 3.08. The molecule has 0 saturated heterocycles. The molecule has 5 nitrogen and oxygen atoms in total. The van der Waals surface area contributed by atoms with Crippen LogP contribution in [0.1, 0.15) is 17.5 Å². The molecule has 0 bridgehead atoms. The maximum Gasteiger partial charge on any atom is 0.153 e. The van der Waals surface area contributed by atoms with Gasteiger partial charge in [-0.15, -0.1) is 11.3 Å². The molecule has 7 heteroatoms. The lowest BCUT2D eigenvalue weighted by atomic mass is 10.2. The van der Waals surface area contributed by atoms with Gasteiger partial charge in [0, 0.05) is 18.8 Å². The number of fused-ring (bicyclic) bond motifs is 1. The first-order valence-corrected chi connectivity index (χ1v) is 6.61. The van der Waals surface area contributed by atoms with E-state index in [9.17, 15) is 5.11 Å². The highest BCUT2D eigenvalue weighted by Gasteiger charge is 2.20. The van der Waals surface area contributed by atoms with Gasteiger partial charge in [0.25, 0.3) is 0 Å². The molecule has 0 aliphatic heterocycles. The Balaban J connectivity index is 2.79. The number of hydrogen-bond donors (Lipinski definition) is 3. The number of nitrogens with zero attached hydrogens (tertiary/aromatic N) is 2. The summed E-state index contributed by atoms with van der Waals surface area (Å²) in [5.41, 5.74) is 7.45. The largest absolute Gasteiger partial charge is 0.373 e. The minimum Gasteiger partial charge on any atom is -0.373 e. The molecule has 0 aliphatic rings. The maximum absolute atomic E-state index is 9.49. The molecular formula is C9H12N4OS2. The molecule has 4 N–H and O–H groups in total. The van der Waals surface area contributed by atoms with Gasteiger partial charge in [-0.05, 0) is 6.26 Å². The maximum atomic E-state index is 9.49. The summed E-state index contributed by atoms with van der Waals surface area (Å²) in [7, 11) is 1.80. The highest BCUT2D eigenvalue weighted by molar-refractivity contribution is 8.00. The van der Waals surface area contributed by atoms with Gasteiger partial charge in [0.15, 0.2) is 9.99 Å². The molecule has 0 saturated carbocycles. The van der Waals surface area contributed by atoms with Crippen LogP contribution in [0.3, 0.4) is 0 Å². The molecule has 0 aromatic carbocycles. The van der Waals surface area contributed by atoms with Crippen LogP contribution in [0, 0.1) is 5.41 Å². The van der Waals surface area contributed by atoms with E-state index in [0.717, 1.165) is 14.7 Å². The zero-order valence-electron chi connectivity index (χ0n) is 8.89. The number of aryl methyl sites for hydroxylation is 1. The second-order valence-corrected chi connectivity index (χ2v) is 5.34. The van der Waals surface area contributed by atoms with Gasteiger partial charge < -0.3 is 20.8 Å². The van der Waals surface area contributed by atoms with E-state index in [1.807, 2.05) is 6.26 Å².